The highest BCUT2D eigenvalue weighted by Crippen LogP contribution is 2.21. The molecular weight excluding hydrogens is 383 g/mol. The molecule has 0 heterocycles. The van der Waals surface area contributed by atoms with Crippen LogP contribution < -0.4 is 5.32 Å². The minimum absolute atomic E-state index is 0.115. The summed E-state index contributed by atoms with van der Waals surface area (Å²) >= 11 is 9.40. The van der Waals surface area contributed by atoms with Crippen LogP contribution in [0.1, 0.15) is 11.1 Å². The van der Waals surface area contributed by atoms with Crippen molar-refractivity contribution >= 4 is 39.1 Å². The quantitative estimate of drug-likeness (QED) is 0.795. The third-order valence-corrected chi connectivity index (χ3v) is 4.18. The van der Waals surface area contributed by atoms with Crippen LogP contribution in [-0.4, -0.2) is 24.4 Å². The Balaban J connectivity index is 1.94. The Labute approximate surface area is 148 Å². The van der Waals surface area contributed by atoms with E-state index in [0.717, 1.165) is 21.3 Å². The summed E-state index contributed by atoms with van der Waals surface area (Å²) in [6.45, 7) is 2.61. The van der Waals surface area contributed by atoms with Crippen LogP contribution in [0.25, 0.3) is 0 Å². The van der Waals surface area contributed by atoms with Gasteiger partial charge in [-0.05, 0) is 55.4 Å². The molecule has 0 unspecified atom stereocenters. The van der Waals surface area contributed by atoms with E-state index in [1.807, 2.05) is 37.1 Å². The largest absolute Gasteiger partial charge is 0.325 e. The van der Waals surface area contributed by atoms with Gasteiger partial charge in [-0.1, -0.05) is 33.6 Å². The van der Waals surface area contributed by atoms with Gasteiger partial charge in [0.1, 0.15) is 5.82 Å². The molecule has 23 heavy (non-hydrogen) atoms. The van der Waals surface area contributed by atoms with Crippen LogP contribution in [0, 0.1) is 12.7 Å². The number of carbonyl (C=O) groups excluding carboxylic acids is 1. The molecule has 1 N–H and O–H groups in total. The van der Waals surface area contributed by atoms with Gasteiger partial charge in [0.2, 0.25) is 5.91 Å². The van der Waals surface area contributed by atoms with Crippen molar-refractivity contribution in [3.63, 3.8) is 0 Å². The SMILES string of the molecule is Cc1cc(Br)ccc1NC(=O)CN(C)Cc1ccc(F)cc1Cl. The minimum Gasteiger partial charge on any atom is -0.325 e. The van der Waals surface area contributed by atoms with E-state index in [4.69, 9.17) is 11.6 Å². The van der Waals surface area contributed by atoms with Crippen LogP contribution in [0.5, 0.6) is 0 Å². The first-order chi connectivity index (χ1) is 10.8. The maximum absolute atomic E-state index is 13.0. The van der Waals surface area contributed by atoms with Gasteiger partial charge in [-0.3, -0.25) is 9.69 Å². The molecule has 0 saturated heterocycles. The molecule has 0 fully saturated rings. The highest BCUT2D eigenvalue weighted by molar-refractivity contribution is 9.10. The standard InChI is InChI=1S/C17H17BrClFN2O/c1-11-7-13(18)4-6-16(11)21-17(23)10-22(2)9-12-3-5-14(20)8-15(12)19/h3-8H,9-10H2,1-2H3,(H,21,23). The Morgan fingerprint density at radius 3 is 2.70 bits per heavy atom. The smallest absolute Gasteiger partial charge is 0.238 e. The number of carbonyl (C=O) groups is 1. The van der Waals surface area contributed by atoms with Crippen LogP contribution in [0.4, 0.5) is 10.1 Å². The predicted octanol–water partition coefficient (Wildman–Crippen LogP) is 4.62. The van der Waals surface area contributed by atoms with Crippen molar-refractivity contribution in [2.45, 2.75) is 13.5 Å². The molecule has 0 aliphatic rings. The van der Waals surface area contributed by atoms with Gasteiger partial charge in [0.25, 0.3) is 0 Å². The number of anilines is 1. The van der Waals surface area contributed by atoms with Crippen LogP contribution in [0.3, 0.4) is 0 Å². The molecule has 122 valence electrons. The second kappa shape index (κ2) is 7.90. The summed E-state index contributed by atoms with van der Waals surface area (Å²) in [5.41, 5.74) is 2.55. The second-order valence-corrected chi connectivity index (χ2v) is 6.74. The molecule has 0 radical (unpaired) electrons. The van der Waals surface area contributed by atoms with E-state index in [2.05, 4.69) is 21.2 Å². The summed E-state index contributed by atoms with van der Waals surface area (Å²) < 4.78 is 14.0. The number of nitrogens with one attached hydrogen (secondary N) is 1. The highest BCUT2D eigenvalue weighted by atomic mass is 79.9. The van der Waals surface area contributed by atoms with E-state index < -0.39 is 0 Å². The molecule has 6 heteroatoms. The predicted molar refractivity (Wildman–Crippen MR) is 95.3 cm³/mol. The van der Waals surface area contributed by atoms with Crippen molar-refractivity contribution in [1.29, 1.82) is 0 Å². The molecule has 2 aromatic carbocycles. The number of aryl methyl sites for hydroxylation is 1. The number of hydrogen-bond acceptors (Lipinski definition) is 2. The van der Waals surface area contributed by atoms with Crippen molar-refractivity contribution in [1.82, 2.24) is 4.90 Å². The van der Waals surface area contributed by atoms with Gasteiger partial charge >= 0.3 is 0 Å². The van der Waals surface area contributed by atoms with E-state index in [1.165, 1.54) is 12.1 Å². The maximum atomic E-state index is 13.0. The van der Waals surface area contributed by atoms with Gasteiger partial charge in [-0.2, -0.15) is 0 Å². The number of halogens is 3. The first-order valence-electron chi connectivity index (χ1n) is 7.03. The van der Waals surface area contributed by atoms with E-state index in [0.29, 0.717) is 11.6 Å². The zero-order chi connectivity index (χ0) is 17.0. The summed E-state index contributed by atoms with van der Waals surface area (Å²) in [6.07, 6.45) is 0. The van der Waals surface area contributed by atoms with Crippen LogP contribution in [0.15, 0.2) is 40.9 Å². The molecule has 0 aliphatic heterocycles. The molecule has 0 saturated carbocycles. The maximum Gasteiger partial charge on any atom is 0.238 e. The number of benzene rings is 2. The normalized spacial score (nSPS) is 10.9. The Bertz CT molecular complexity index is 724. The molecule has 0 bridgehead atoms. The van der Waals surface area contributed by atoms with E-state index >= 15 is 0 Å². The summed E-state index contributed by atoms with van der Waals surface area (Å²) in [5.74, 6) is -0.485. The van der Waals surface area contributed by atoms with Crippen LogP contribution >= 0.6 is 27.5 Å². The molecule has 0 aliphatic carbocycles. The number of nitrogens with zero attached hydrogens (tertiary/aromatic N) is 1. The van der Waals surface area contributed by atoms with Gasteiger partial charge in [0.15, 0.2) is 0 Å². The molecule has 1 amide bonds. The topological polar surface area (TPSA) is 32.3 Å². The fraction of sp³-hybridized carbons (Fsp3) is 0.235. The number of hydrogen-bond donors (Lipinski definition) is 1. The average molecular weight is 400 g/mol. The minimum atomic E-state index is -0.371. The highest BCUT2D eigenvalue weighted by Gasteiger charge is 2.11. The van der Waals surface area contributed by atoms with Crippen molar-refractivity contribution in [2.75, 3.05) is 18.9 Å². The van der Waals surface area contributed by atoms with Crippen LogP contribution in [-0.2, 0) is 11.3 Å². The fourth-order valence-corrected chi connectivity index (χ4v) is 2.90. The third kappa shape index (κ3) is 5.30. The molecule has 0 spiro atoms. The molecule has 2 rings (SSSR count). The summed E-state index contributed by atoms with van der Waals surface area (Å²) in [6, 6.07) is 9.94. The van der Waals surface area contributed by atoms with Crippen molar-refractivity contribution in [3.05, 3.63) is 62.8 Å². The lowest BCUT2D eigenvalue weighted by molar-refractivity contribution is -0.117. The van der Waals surface area contributed by atoms with Crippen LogP contribution in [0.2, 0.25) is 5.02 Å². The second-order valence-electron chi connectivity index (χ2n) is 5.42. The number of likely N-dealkylation sites (N-methyl/N-ethyl adjacent to an activating group) is 1. The summed E-state index contributed by atoms with van der Waals surface area (Å²) in [4.78, 5) is 14.0. The first kappa shape index (κ1) is 17.9. The van der Waals surface area contributed by atoms with Gasteiger partial charge < -0.3 is 5.32 Å². The van der Waals surface area contributed by atoms with E-state index in [1.54, 1.807) is 6.07 Å². The van der Waals surface area contributed by atoms with Gasteiger partial charge in [-0.25, -0.2) is 4.39 Å². The number of rotatable bonds is 5. The van der Waals surface area contributed by atoms with E-state index in [9.17, 15) is 9.18 Å². The lowest BCUT2D eigenvalue weighted by atomic mass is 10.2. The van der Waals surface area contributed by atoms with Crippen molar-refractivity contribution in [2.24, 2.45) is 0 Å². The molecular formula is C17H17BrClFN2O. The Kier molecular flexibility index (Phi) is 6.16. The first-order valence-corrected chi connectivity index (χ1v) is 8.20. The third-order valence-electron chi connectivity index (χ3n) is 3.33. The van der Waals surface area contributed by atoms with Gasteiger partial charge in [0, 0.05) is 21.7 Å². The molecule has 0 atom stereocenters. The molecule has 0 aromatic heterocycles. The number of amides is 1. The van der Waals surface area contributed by atoms with Crippen molar-refractivity contribution < 1.29 is 9.18 Å². The Morgan fingerprint density at radius 2 is 2.04 bits per heavy atom. The van der Waals surface area contributed by atoms with E-state index in [-0.39, 0.29) is 18.3 Å². The lowest BCUT2D eigenvalue weighted by Crippen LogP contribution is -2.30. The Hall–Kier alpha value is -1.43. The summed E-state index contributed by atoms with van der Waals surface area (Å²) in [7, 11) is 1.81. The lowest BCUT2D eigenvalue weighted by Gasteiger charge is -2.17. The summed E-state index contributed by atoms with van der Waals surface area (Å²) in [5, 5.41) is 3.25. The van der Waals surface area contributed by atoms with Crippen molar-refractivity contribution in [3.8, 4) is 0 Å². The fourth-order valence-electron chi connectivity index (χ4n) is 2.20. The zero-order valence-electron chi connectivity index (χ0n) is 12.9. The monoisotopic (exact) mass is 398 g/mol. The molecule has 3 nitrogen and oxygen atoms in total. The van der Waals surface area contributed by atoms with Gasteiger partial charge in [0.05, 0.1) is 6.54 Å². The zero-order valence-corrected chi connectivity index (χ0v) is 15.2. The average Bonchev–Trinajstić information content (AvgIpc) is 2.45. The van der Waals surface area contributed by atoms with Gasteiger partial charge in [-0.15, -0.1) is 0 Å². The Morgan fingerprint density at radius 1 is 1.30 bits per heavy atom. The molecule has 2 aromatic rings.